The molecule has 0 spiro atoms. The minimum Gasteiger partial charge on any atom is -0.466 e. The van der Waals surface area contributed by atoms with Gasteiger partial charge in [0.2, 0.25) is 0 Å². The van der Waals surface area contributed by atoms with Crippen LogP contribution in [0, 0.1) is 30.1 Å². The molecule has 0 aromatic carbocycles. The maximum Gasteiger partial charge on any atom is 0.308 e. The lowest BCUT2D eigenvalue weighted by molar-refractivity contribution is -0.150. The molecule has 35 heavy (non-hydrogen) atoms. The Balaban J connectivity index is 0.000000566. The summed E-state index contributed by atoms with van der Waals surface area (Å²) in [5, 5.41) is 13.6. The SMILES string of the molecule is C/C=C\c1csc(C)n1.CCC[C@@H]1CCCOC(=O)C[C@H](O)C(C)(C)C(=O)[C@H](C)C[C@@H](C)CCC1. The van der Waals surface area contributed by atoms with Crippen molar-refractivity contribution >= 4 is 29.2 Å². The predicted octanol–water partition coefficient (Wildman–Crippen LogP) is 7.40. The van der Waals surface area contributed by atoms with Gasteiger partial charge in [-0.1, -0.05) is 72.8 Å². The van der Waals surface area contributed by atoms with E-state index >= 15 is 0 Å². The number of hydrogen-bond donors (Lipinski definition) is 1. The fraction of sp³-hybridized carbons (Fsp3) is 0.759. The molecule has 1 saturated heterocycles. The van der Waals surface area contributed by atoms with E-state index < -0.39 is 17.5 Å². The lowest BCUT2D eigenvalue weighted by Crippen LogP contribution is -2.42. The van der Waals surface area contributed by atoms with E-state index in [1.165, 1.54) is 25.7 Å². The highest BCUT2D eigenvalue weighted by Gasteiger charge is 2.39. The Labute approximate surface area is 217 Å². The Morgan fingerprint density at radius 2 is 1.89 bits per heavy atom. The summed E-state index contributed by atoms with van der Waals surface area (Å²) in [5.74, 6) is 0.730. The predicted molar refractivity (Wildman–Crippen MR) is 146 cm³/mol. The second kappa shape index (κ2) is 16.3. The van der Waals surface area contributed by atoms with Crippen LogP contribution in [0.1, 0.15) is 110 Å². The van der Waals surface area contributed by atoms with Crippen LogP contribution in [0.15, 0.2) is 11.5 Å². The Morgan fingerprint density at radius 1 is 1.20 bits per heavy atom. The van der Waals surface area contributed by atoms with Gasteiger partial charge in [-0.15, -0.1) is 11.3 Å². The average Bonchev–Trinajstić information content (AvgIpc) is 3.20. The fourth-order valence-electron chi connectivity index (χ4n) is 4.88. The zero-order valence-corrected chi connectivity index (χ0v) is 24.0. The zero-order chi connectivity index (χ0) is 26.4. The van der Waals surface area contributed by atoms with Gasteiger partial charge in [0.25, 0.3) is 0 Å². The summed E-state index contributed by atoms with van der Waals surface area (Å²) < 4.78 is 5.30. The summed E-state index contributed by atoms with van der Waals surface area (Å²) in [6, 6.07) is 0. The topological polar surface area (TPSA) is 76.5 Å². The van der Waals surface area contributed by atoms with Gasteiger partial charge in [-0.3, -0.25) is 9.59 Å². The minimum absolute atomic E-state index is 0.0422. The van der Waals surface area contributed by atoms with Crippen molar-refractivity contribution in [3.05, 3.63) is 22.2 Å². The highest BCUT2D eigenvalue weighted by atomic mass is 32.1. The molecule has 1 aliphatic heterocycles. The number of carbonyl (C=O) groups is 2. The quantitative estimate of drug-likeness (QED) is 0.431. The second-order valence-corrected chi connectivity index (χ2v) is 11.8. The molecule has 2 rings (SSSR count). The molecule has 200 valence electrons. The number of aromatic nitrogens is 1. The molecule has 1 N–H and O–H groups in total. The van der Waals surface area contributed by atoms with Crippen LogP contribution in [0.3, 0.4) is 0 Å². The minimum atomic E-state index is -0.999. The molecule has 0 unspecified atom stereocenters. The van der Waals surface area contributed by atoms with Crippen molar-refractivity contribution in [2.45, 2.75) is 112 Å². The van der Waals surface area contributed by atoms with Crippen LogP contribution in [0.4, 0.5) is 0 Å². The van der Waals surface area contributed by atoms with Gasteiger partial charge in [-0.25, -0.2) is 4.98 Å². The number of ketones is 1. The number of aliphatic hydroxyl groups is 1. The Kier molecular flexibility index (Phi) is 14.6. The monoisotopic (exact) mass is 507 g/mol. The van der Waals surface area contributed by atoms with E-state index in [1.54, 1.807) is 25.2 Å². The molecule has 0 amide bonds. The number of nitrogens with zero attached hydrogens (tertiary/aromatic N) is 1. The van der Waals surface area contributed by atoms with Gasteiger partial charge in [0, 0.05) is 11.3 Å². The normalized spacial score (nSPS) is 27.2. The summed E-state index contributed by atoms with van der Waals surface area (Å²) in [5.41, 5.74) is 0.140. The molecule has 5 nitrogen and oxygen atoms in total. The molecule has 4 atom stereocenters. The maximum absolute atomic E-state index is 12.8. The molecule has 0 radical (unpaired) electrons. The van der Waals surface area contributed by atoms with Crippen molar-refractivity contribution in [3.63, 3.8) is 0 Å². The van der Waals surface area contributed by atoms with Crippen LogP contribution in [-0.2, 0) is 14.3 Å². The summed E-state index contributed by atoms with van der Waals surface area (Å²) in [4.78, 5) is 29.1. The first-order chi connectivity index (χ1) is 16.5. The number of esters is 1. The average molecular weight is 508 g/mol. The van der Waals surface area contributed by atoms with Crippen molar-refractivity contribution in [1.82, 2.24) is 4.98 Å². The zero-order valence-electron chi connectivity index (χ0n) is 23.1. The van der Waals surface area contributed by atoms with Crippen molar-refractivity contribution in [2.24, 2.45) is 23.2 Å². The summed E-state index contributed by atoms with van der Waals surface area (Å²) in [6.45, 7) is 14.3. The third-order valence-corrected chi connectivity index (χ3v) is 7.82. The number of aryl methyl sites for hydroxylation is 1. The summed E-state index contributed by atoms with van der Waals surface area (Å²) >= 11 is 1.68. The number of cyclic esters (lactones) is 1. The maximum atomic E-state index is 12.8. The first-order valence-electron chi connectivity index (χ1n) is 13.4. The van der Waals surface area contributed by atoms with Gasteiger partial charge in [0.1, 0.15) is 5.78 Å². The highest BCUT2D eigenvalue weighted by Crippen LogP contribution is 2.32. The molecular formula is C29H49NO4S. The van der Waals surface area contributed by atoms with Crippen molar-refractivity contribution < 1.29 is 19.4 Å². The number of thiazole rings is 1. The largest absolute Gasteiger partial charge is 0.466 e. The van der Waals surface area contributed by atoms with E-state index in [1.807, 2.05) is 32.9 Å². The third kappa shape index (κ3) is 11.8. The van der Waals surface area contributed by atoms with E-state index in [-0.39, 0.29) is 18.1 Å². The van der Waals surface area contributed by atoms with Gasteiger partial charge in [-0.2, -0.15) is 0 Å². The second-order valence-electron chi connectivity index (χ2n) is 10.8. The molecule has 0 bridgehead atoms. The molecule has 1 aliphatic rings. The molecule has 6 heteroatoms. The number of Topliss-reactive ketones (excluding diaryl/α,β-unsaturated/α-hetero) is 1. The smallest absolute Gasteiger partial charge is 0.308 e. The first kappa shape index (κ1) is 31.5. The fourth-order valence-corrected chi connectivity index (χ4v) is 5.46. The van der Waals surface area contributed by atoms with Gasteiger partial charge < -0.3 is 9.84 Å². The number of carbonyl (C=O) groups excluding carboxylic acids is 2. The van der Waals surface area contributed by atoms with E-state index in [0.717, 1.165) is 36.4 Å². The number of allylic oxidation sites excluding steroid dienone is 1. The molecule has 0 aliphatic carbocycles. The lowest BCUT2D eigenvalue weighted by Gasteiger charge is -2.32. The van der Waals surface area contributed by atoms with Gasteiger partial charge in [-0.05, 0) is 51.0 Å². The van der Waals surface area contributed by atoms with E-state index in [0.29, 0.717) is 18.4 Å². The Bertz CT molecular complexity index is 785. The van der Waals surface area contributed by atoms with E-state index in [4.69, 9.17) is 4.74 Å². The van der Waals surface area contributed by atoms with Crippen LogP contribution in [-0.4, -0.2) is 34.6 Å². The summed E-state index contributed by atoms with van der Waals surface area (Å²) in [7, 11) is 0. The third-order valence-electron chi connectivity index (χ3n) is 7.03. The van der Waals surface area contributed by atoms with Crippen molar-refractivity contribution in [3.8, 4) is 0 Å². The molecule has 0 saturated carbocycles. The van der Waals surface area contributed by atoms with Crippen LogP contribution in [0.5, 0.6) is 0 Å². The van der Waals surface area contributed by atoms with Gasteiger partial charge in [0.05, 0.1) is 35.2 Å². The Morgan fingerprint density at radius 3 is 2.49 bits per heavy atom. The van der Waals surface area contributed by atoms with Crippen LogP contribution in [0.2, 0.25) is 0 Å². The number of aliphatic hydroxyl groups excluding tert-OH is 1. The molecule has 1 aromatic rings. The molecular weight excluding hydrogens is 458 g/mol. The lowest BCUT2D eigenvalue weighted by atomic mass is 9.74. The molecule has 1 aromatic heterocycles. The first-order valence-corrected chi connectivity index (χ1v) is 14.3. The summed E-state index contributed by atoms with van der Waals surface area (Å²) in [6.07, 6.45) is 11.7. The van der Waals surface area contributed by atoms with Crippen LogP contribution < -0.4 is 0 Å². The van der Waals surface area contributed by atoms with Crippen LogP contribution >= 0.6 is 11.3 Å². The standard InChI is InChI=1S/C22H40O4.C7H9NS/c1-6-9-18-11-7-10-16(2)14-17(3)21(25)22(4,5)19(23)15-20(24)26-13-8-12-18;1-3-4-7-5-9-6(2)8-7/h16-19,23H,6-15H2,1-5H3;3-5H,1-2H3/b;4-3-/t16-,17+,18-,19-;/m0./s1. The van der Waals surface area contributed by atoms with Gasteiger partial charge in [0.15, 0.2) is 0 Å². The van der Waals surface area contributed by atoms with Crippen molar-refractivity contribution in [1.29, 1.82) is 0 Å². The number of rotatable bonds is 3. The molecule has 1 fully saturated rings. The van der Waals surface area contributed by atoms with Gasteiger partial charge >= 0.3 is 5.97 Å². The molecule has 2 heterocycles. The van der Waals surface area contributed by atoms with Crippen molar-refractivity contribution in [2.75, 3.05) is 6.61 Å². The van der Waals surface area contributed by atoms with Crippen LogP contribution in [0.25, 0.3) is 6.08 Å². The Hall–Kier alpha value is -1.53. The highest BCUT2D eigenvalue weighted by molar-refractivity contribution is 7.09. The number of hydrogen-bond acceptors (Lipinski definition) is 6. The number of ether oxygens (including phenoxy) is 1. The van der Waals surface area contributed by atoms with E-state index in [9.17, 15) is 14.7 Å². The van der Waals surface area contributed by atoms with E-state index in [2.05, 4.69) is 24.2 Å².